The number of benzene rings is 3. The average molecular weight is 397 g/mol. The van der Waals surface area contributed by atoms with Crippen LogP contribution in [0.1, 0.15) is 50.1 Å². The molecule has 3 aromatic carbocycles. The van der Waals surface area contributed by atoms with E-state index < -0.39 is 0 Å². The summed E-state index contributed by atoms with van der Waals surface area (Å²) in [5, 5.41) is 11.6. The van der Waals surface area contributed by atoms with E-state index in [1.54, 1.807) is 0 Å². The molecule has 3 atom stereocenters. The van der Waals surface area contributed by atoms with E-state index in [0.29, 0.717) is 11.5 Å². The van der Waals surface area contributed by atoms with E-state index in [2.05, 4.69) is 35.6 Å². The number of carbonyl (C=O) groups excluding carboxylic acids is 1. The van der Waals surface area contributed by atoms with Gasteiger partial charge in [-0.15, -0.1) is 0 Å². The quantitative estimate of drug-likeness (QED) is 0.351. The first-order valence-electron chi connectivity index (χ1n) is 10.1. The van der Waals surface area contributed by atoms with Crippen molar-refractivity contribution in [1.82, 2.24) is 0 Å². The van der Waals surface area contributed by atoms with Gasteiger partial charge in [0.1, 0.15) is 5.84 Å². The van der Waals surface area contributed by atoms with Gasteiger partial charge in [-0.3, -0.25) is 5.41 Å². The lowest BCUT2D eigenvalue weighted by molar-refractivity contribution is 0.0600. The highest BCUT2D eigenvalue weighted by molar-refractivity contribution is 5.95. The molecular formula is C25H23N3O2. The number of amidine groups is 1. The molecule has 1 aliphatic heterocycles. The number of methoxy groups -OCH3 is 1. The molecule has 1 heterocycles. The summed E-state index contributed by atoms with van der Waals surface area (Å²) >= 11 is 0. The lowest BCUT2D eigenvalue weighted by Gasteiger charge is -2.38. The Balaban J connectivity index is 1.61. The molecule has 0 amide bonds. The Morgan fingerprint density at radius 3 is 2.50 bits per heavy atom. The third-order valence-electron chi connectivity index (χ3n) is 6.40. The number of esters is 1. The van der Waals surface area contributed by atoms with E-state index in [0.717, 1.165) is 23.2 Å². The minimum atomic E-state index is -0.327. The van der Waals surface area contributed by atoms with E-state index in [4.69, 9.17) is 15.9 Å². The van der Waals surface area contributed by atoms with Crippen molar-refractivity contribution < 1.29 is 9.53 Å². The van der Waals surface area contributed by atoms with Crippen LogP contribution in [-0.2, 0) is 11.2 Å². The standard InChI is InChI=1S/C25H23N3O2/c1-30-25(29)15-8-6-14(7-9-15)23-20-12-16-4-2-3-5-18(16)22(20)19-13-17(24(26)27)10-11-21(19)28-23/h2-11,13,20,22-23,28H,12H2,1H3,(H3,26,27). The number of ether oxygens (including phenoxy) is 1. The molecule has 0 saturated carbocycles. The van der Waals surface area contributed by atoms with Gasteiger partial charge in [-0.05, 0) is 64.9 Å². The van der Waals surface area contributed by atoms with Gasteiger partial charge in [0, 0.05) is 17.2 Å². The first-order valence-corrected chi connectivity index (χ1v) is 10.1. The molecule has 30 heavy (non-hydrogen) atoms. The molecule has 3 unspecified atom stereocenters. The highest BCUT2D eigenvalue weighted by atomic mass is 16.5. The number of rotatable bonds is 3. The largest absolute Gasteiger partial charge is 0.465 e. The Bertz CT molecular complexity index is 1150. The zero-order valence-corrected chi connectivity index (χ0v) is 16.7. The number of hydrogen-bond acceptors (Lipinski definition) is 4. The van der Waals surface area contributed by atoms with Gasteiger partial charge in [0.25, 0.3) is 0 Å². The van der Waals surface area contributed by atoms with Crippen molar-refractivity contribution in [3.8, 4) is 0 Å². The molecule has 1 aliphatic carbocycles. The van der Waals surface area contributed by atoms with Crippen molar-refractivity contribution in [2.24, 2.45) is 11.7 Å². The summed E-state index contributed by atoms with van der Waals surface area (Å²) in [7, 11) is 1.39. The average Bonchev–Trinajstić information content (AvgIpc) is 3.17. The SMILES string of the molecule is COC(=O)c1ccc(C2Nc3ccc(C(=N)N)cc3C3c4ccccc4CC23)cc1. The smallest absolute Gasteiger partial charge is 0.337 e. The van der Waals surface area contributed by atoms with E-state index in [-0.39, 0.29) is 23.8 Å². The molecule has 5 rings (SSSR count). The lowest BCUT2D eigenvalue weighted by Crippen LogP contribution is -2.30. The van der Waals surface area contributed by atoms with Crippen molar-refractivity contribution in [1.29, 1.82) is 5.41 Å². The van der Waals surface area contributed by atoms with Crippen LogP contribution in [0.2, 0.25) is 0 Å². The summed E-state index contributed by atoms with van der Waals surface area (Å²) < 4.78 is 4.83. The predicted octanol–water partition coefficient (Wildman–Crippen LogP) is 4.23. The molecule has 150 valence electrons. The van der Waals surface area contributed by atoms with Crippen molar-refractivity contribution in [3.63, 3.8) is 0 Å². The van der Waals surface area contributed by atoms with Crippen molar-refractivity contribution >= 4 is 17.5 Å². The zero-order valence-electron chi connectivity index (χ0n) is 16.7. The normalized spacial score (nSPS) is 21.0. The molecule has 0 saturated heterocycles. The number of nitrogens with one attached hydrogen (secondary N) is 2. The fourth-order valence-corrected chi connectivity index (χ4v) is 5.00. The number of nitrogen functional groups attached to an aromatic ring is 1. The van der Waals surface area contributed by atoms with E-state index in [1.165, 1.54) is 23.8 Å². The highest BCUT2D eigenvalue weighted by Crippen LogP contribution is 2.53. The van der Waals surface area contributed by atoms with E-state index in [9.17, 15) is 4.79 Å². The van der Waals surface area contributed by atoms with E-state index >= 15 is 0 Å². The number of hydrogen-bond donors (Lipinski definition) is 3. The zero-order chi connectivity index (χ0) is 20.8. The molecule has 5 nitrogen and oxygen atoms in total. The summed E-state index contributed by atoms with van der Waals surface area (Å²) in [5.41, 5.74) is 13.2. The Hall–Kier alpha value is -3.60. The maximum absolute atomic E-state index is 11.8. The van der Waals surface area contributed by atoms with Crippen LogP contribution in [0.15, 0.2) is 66.7 Å². The van der Waals surface area contributed by atoms with Gasteiger partial charge in [0.15, 0.2) is 0 Å². The monoisotopic (exact) mass is 397 g/mol. The third kappa shape index (κ3) is 2.86. The van der Waals surface area contributed by atoms with Crippen molar-refractivity contribution in [3.05, 3.63) is 100 Å². The fraction of sp³-hybridized carbons (Fsp3) is 0.200. The third-order valence-corrected chi connectivity index (χ3v) is 6.40. The molecule has 3 aromatic rings. The van der Waals surface area contributed by atoms with Crippen LogP contribution >= 0.6 is 0 Å². The number of anilines is 1. The molecule has 0 bridgehead atoms. The molecule has 0 spiro atoms. The van der Waals surface area contributed by atoms with Crippen LogP contribution in [0.25, 0.3) is 0 Å². The summed E-state index contributed by atoms with van der Waals surface area (Å²) in [6, 6.07) is 22.4. The summed E-state index contributed by atoms with van der Waals surface area (Å²) in [4.78, 5) is 11.8. The molecule has 0 aromatic heterocycles. The topological polar surface area (TPSA) is 88.2 Å². The first-order chi connectivity index (χ1) is 14.6. The minimum Gasteiger partial charge on any atom is -0.465 e. The first kappa shape index (κ1) is 18.4. The predicted molar refractivity (Wildman–Crippen MR) is 117 cm³/mol. The maximum Gasteiger partial charge on any atom is 0.337 e. The Morgan fingerprint density at radius 1 is 1.03 bits per heavy atom. The molecule has 4 N–H and O–H groups in total. The summed E-state index contributed by atoms with van der Waals surface area (Å²) in [6.45, 7) is 0. The molecule has 2 aliphatic rings. The number of fused-ring (bicyclic) bond motifs is 5. The summed E-state index contributed by atoms with van der Waals surface area (Å²) in [5.74, 6) is 0.329. The molecule has 0 radical (unpaired) electrons. The second kappa shape index (κ2) is 7.02. The van der Waals surface area contributed by atoms with Crippen molar-refractivity contribution in [2.75, 3.05) is 12.4 Å². The van der Waals surface area contributed by atoms with Gasteiger partial charge < -0.3 is 15.8 Å². The highest BCUT2D eigenvalue weighted by Gasteiger charge is 2.43. The van der Waals surface area contributed by atoms with Crippen LogP contribution < -0.4 is 11.1 Å². The molecular weight excluding hydrogens is 374 g/mol. The maximum atomic E-state index is 11.8. The lowest BCUT2D eigenvalue weighted by atomic mass is 9.75. The number of carbonyl (C=O) groups is 1. The van der Waals surface area contributed by atoms with Gasteiger partial charge in [0.05, 0.1) is 18.7 Å². The van der Waals surface area contributed by atoms with Gasteiger partial charge in [-0.1, -0.05) is 36.4 Å². The minimum absolute atomic E-state index is 0.0844. The van der Waals surface area contributed by atoms with Gasteiger partial charge in [0.2, 0.25) is 0 Å². The van der Waals surface area contributed by atoms with Crippen LogP contribution in [0, 0.1) is 11.3 Å². The van der Waals surface area contributed by atoms with E-state index in [1.807, 2.05) is 36.4 Å². The second-order valence-corrected chi connectivity index (χ2v) is 8.00. The van der Waals surface area contributed by atoms with Crippen LogP contribution in [0.5, 0.6) is 0 Å². The van der Waals surface area contributed by atoms with Crippen LogP contribution in [-0.4, -0.2) is 18.9 Å². The summed E-state index contributed by atoms with van der Waals surface area (Å²) in [6.07, 6.45) is 0.973. The second-order valence-electron chi connectivity index (χ2n) is 8.00. The van der Waals surface area contributed by atoms with Crippen LogP contribution in [0.3, 0.4) is 0 Å². The van der Waals surface area contributed by atoms with Gasteiger partial charge in [-0.2, -0.15) is 0 Å². The Labute approximate surface area is 175 Å². The molecule has 5 heteroatoms. The fourth-order valence-electron chi connectivity index (χ4n) is 5.00. The number of nitrogens with two attached hydrogens (primary N) is 1. The van der Waals surface area contributed by atoms with Crippen LogP contribution in [0.4, 0.5) is 5.69 Å². The molecule has 0 fully saturated rings. The van der Waals surface area contributed by atoms with Crippen molar-refractivity contribution in [2.45, 2.75) is 18.4 Å². The van der Waals surface area contributed by atoms with Gasteiger partial charge >= 0.3 is 5.97 Å². The Kier molecular flexibility index (Phi) is 4.31. The Morgan fingerprint density at radius 2 is 1.77 bits per heavy atom. The van der Waals surface area contributed by atoms with Gasteiger partial charge in [-0.25, -0.2) is 4.79 Å².